The molecule has 1 fully saturated rings. The molecule has 150 valence electrons. The van der Waals surface area contributed by atoms with Crippen LogP contribution in [0, 0.1) is 5.82 Å². The van der Waals surface area contributed by atoms with Crippen LogP contribution in [0.1, 0.15) is 35.7 Å². The van der Waals surface area contributed by atoms with E-state index in [0.717, 1.165) is 5.69 Å². The standard InChI is InChI=1S/C21H21FN4O3/c1-23-13-5-6-16(22)12(9-13)10-24-17-4-2-3-14-15(17)11-26(21(14)29)18-7-8-19(27)25-20(18)28/h2-6,9,18,23-24H,7-8,10-11H2,1H3,(H,25,27,28)/t18-/m1/s1/i18D. The van der Waals surface area contributed by atoms with Gasteiger partial charge < -0.3 is 15.5 Å². The summed E-state index contributed by atoms with van der Waals surface area (Å²) in [5.74, 6) is -2.02. The highest BCUT2D eigenvalue weighted by atomic mass is 19.1. The van der Waals surface area contributed by atoms with Gasteiger partial charge in [-0.2, -0.15) is 0 Å². The van der Waals surface area contributed by atoms with Crippen molar-refractivity contribution in [1.82, 2.24) is 10.2 Å². The summed E-state index contributed by atoms with van der Waals surface area (Å²) in [4.78, 5) is 37.9. The van der Waals surface area contributed by atoms with Gasteiger partial charge in [-0.05, 0) is 36.8 Å². The lowest BCUT2D eigenvalue weighted by molar-refractivity contribution is -0.136. The average Bonchev–Trinajstić information content (AvgIpc) is 3.08. The zero-order valence-corrected chi connectivity index (χ0v) is 15.8. The van der Waals surface area contributed by atoms with Crippen molar-refractivity contribution in [2.45, 2.75) is 31.9 Å². The van der Waals surface area contributed by atoms with Gasteiger partial charge in [-0.1, -0.05) is 6.07 Å². The van der Waals surface area contributed by atoms with Gasteiger partial charge in [-0.15, -0.1) is 0 Å². The summed E-state index contributed by atoms with van der Waals surface area (Å²) >= 11 is 0. The summed E-state index contributed by atoms with van der Waals surface area (Å²) < 4.78 is 22.7. The number of nitrogens with one attached hydrogen (secondary N) is 3. The van der Waals surface area contributed by atoms with E-state index in [4.69, 9.17) is 1.37 Å². The summed E-state index contributed by atoms with van der Waals surface area (Å²) in [6.07, 6.45) is -0.0519. The summed E-state index contributed by atoms with van der Waals surface area (Å²) in [5.41, 5.74) is 2.91. The molecule has 0 saturated carbocycles. The molecule has 3 N–H and O–H groups in total. The van der Waals surface area contributed by atoms with Crippen molar-refractivity contribution in [3.63, 3.8) is 0 Å². The fraction of sp³-hybridized carbons (Fsp3) is 0.286. The van der Waals surface area contributed by atoms with Gasteiger partial charge in [0.15, 0.2) is 0 Å². The van der Waals surface area contributed by atoms with E-state index in [0.29, 0.717) is 22.4 Å². The highest BCUT2D eigenvalue weighted by molar-refractivity contribution is 6.06. The van der Waals surface area contributed by atoms with Gasteiger partial charge in [0.2, 0.25) is 11.8 Å². The molecule has 0 aliphatic carbocycles. The molecule has 2 aromatic carbocycles. The lowest BCUT2D eigenvalue weighted by Crippen LogP contribution is -2.52. The van der Waals surface area contributed by atoms with Crippen molar-refractivity contribution in [3.05, 3.63) is 58.9 Å². The minimum absolute atomic E-state index is 0.00154. The number of halogens is 1. The first-order valence-electron chi connectivity index (χ1n) is 9.81. The van der Waals surface area contributed by atoms with E-state index in [9.17, 15) is 18.8 Å². The number of hydrogen-bond donors (Lipinski definition) is 3. The molecule has 2 heterocycles. The second-order valence-corrected chi connectivity index (χ2v) is 6.96. The van der Waals surface area contributed by atoms with E-state index < -0.39 is 23.7 Å². The molecular formula is C21H21FN4O3. The van der Waals surface area contributed by atoms with E-state index in [-0.39, 0.29) is 31.7 Å². The third-order valence-electron chi connectivity index (χ3n) is 5.20. The van der Waals surface area contributed by atoms with E-state index in [2.05, 4.69) is 16.0 Å². The van der Waals surface area contributed by atoms with Crippen LogP contribution in [0.4, 0.5) is 15.8 Å². The second-order valence-electron chi connectivity index (χ2n) is 6.96. The highest BCUT2D eigenvalue weighted by Gasteiger charge is 2.39. The Morgan fingerprint density at radius 2 is 2.10 bits per heavy atom. The first kappa shape index (κ1) is 17.7. The SMILES string of the molecule is [2H][C@@]1(N2Cc3c(NCc4cc(NC)ccc4F)cccc3C2=O)CCC(=O)NC1=O. The van der Waals surface area contributed by atoms with E-state index in [1.807, 2.05) is 0 Å². The molecule has 7 nitrogen and oxygen atoms in total. The number of fused-ring (bicyclic) bond motifs is 1. The lowest BCUT2D eigenvalue weighted by Gasteiger charge is -2.29. The summed E-state index contributed by atoms with van der Waals surface area (Å²) in [5, 5.41) is 8.28. The van der Waals surface area contributed by atoms with Crippen LogP contribution in [0.25, 0.3) is 0 Å². The molecule has 1 atom stereocenters. The van der Waals surface area contributed by atoms with Crippen LogP contribution >= 0.6 is 0 Å². The smallest absolute Gasteiger partial charge is 0.255 e. The number of nitrogens with zero attached hydrogens (tertiary/aromatic N) is 1. The van der Waals surface area contributed by atoms with Gasteiger partial charge in [-0.3, -0.25) is 19.7 Å². The van der Waals surface area contributed by atoms with Crippen LogP contribution in [-0.2, 0) is 22.7 Å². The van der Waals surface area contributed by atoms with Gasteiger partial charge in [-0.25, -0.2) is 4.39 Å². The summed E-state index contributed by atoms with van der Waals surface area (Å²) in [6, 6.07) is 8.00. The highest BCUT2D eigenvalue weighted by Crippen LogP contribution is 2.32. The Kier molecular flexibility index (Phi) is 4.59. The summed E-state index contributed by atoms with van der Waals surface area (Å²) in [7, 11) is 1.75. The number of imide groups is 1. The predicted molar refractivity (Wildman–Crippen MR) is 106 cm³/mol. The van der Waals surface area contributed by atoms with Gasteiger partial charge >= 0.3 is 0 Å². The number of benzene rings is 2. The molecule has 0 radical (unpaired) electrons. The molecule has 2 aliphatic heterocycles. The number of anilines is 2. The first-order chi connectivity index (χ1) is 14.3. The molecule has 1 saturated heterocycles. The third-order valence-corrected chi connectivity index (χ3v) is 5.20. The molecule has 2 aliphatic rings. The Bertz CT molecular complexity index is 1060. The lowest BCUT2D eigenvalue weighted by atomic mass is 10.0. The minimum atomic E-state index is -1.84. The Hall–Kier alpha value is -3.42. The third kappa shape index (κ3) is 3.53. The molecule has 4 rings (SSSR count). The fourth-order valence-corrected chi connectivity index (χ4v) is 3.64. The second kappa shape index (κ2) is 7.54. The molecule has 0 spiro atoms. The maximum absolute atomic E-state index is 14.1. The van der Waals surface area contributed by atoms with E-state index in [1.165, 1.54) is 11.0 Å². The van der Waals surface area contributed by atoms with Crippen LogP contribution in [-0.4, -0.2) is 35.7 Å². The molecule has 0 unspecified atom stereocenters. The number of carbonyl (C=O) groups excluding carboxylic acids is 3. The van der Waals surface area contributed by atoms with Crippen LogP contribution in [0.15, 0.2) is 36.4 Å². The number of amides is 3. The van der Waals surface area contributed by atoms with E-state index in [1.54, 1.807) is 37.4 Å². The zero-order valence-electron chi connectivity index (χ0n) is 16.8. The Balaban J connectivity index is 1.58. The van der Waals surface area contributed by atoms with Crippen molar-refractivity contribution in [3.8, 4) is 0 Å². The average molecular weight is 397 g/mol. The van der Waals surface area contributed by atoms with Gasteiger partial charge in [0, 0.05) is 54.6 Å². The van der Waals surface area contributed by atoms with Crippen LogP contribution in [0.5, 0.6) is 0 Å². The Morgan fingerprint density at radius 3 is 2.86 bits per heavy atom. The maximum atomic E-state index is 14.1. The summed E-state index contributed by atoms with van der Waals surface area (Å²) in [6.45, 7) is 0.258. The topological polar surface area (TPSA) is 90.5 Å². The van der Waals surface area contributed by atoms with E-state index >= 15 is 0 Å². The van der Waals surface area contributed by atoms with Gasteiger partial charge in [0.05, 0.1) is 1.37 Å². The number of carbonyl (C=O) groups is 3. The first-order valence-corrected chi connectivity index (χ1v) is 9.31. The minimum Gasteiger partial charge on any atom is -0.388 e. The van der Waals surface area contributed by atoms with Crippen molar-refractivity contribution >= 4 is 29.1 Å². The van der Waals surface area contributed by atoms with Gasteiger partial charge in [0.1, 0.15) is 11.8 Å². The maximum Gasteiger partial charge on any atom is 0.255 e. The zero-order chi connectivity index (χ0) is 21.5. The van der Waals surface area contributed by atoms with Crippen LogP contribution in [0.3, 0.4) is 0 Å². The monoisotopic (exact) mass is 397 g/mol. The number of rotatable bonds is 5. The van der Waals surface area contributed by atoms with Crippen molar-refractivity contribution < 1.29 is 20.1 Å². The molecule has 3 amide bonds. The van der Waals surface area contributed by atoms with Crippen molar-refractivity contribution in [2.24, 2.45) is 0 Å². The molecule has 29 heavy (non-hydrogen) atoms. The predicted octanol–water partition coefficient (Wildman–Crippen LogP) is 2.24. The molecule has 8 heteroatoms. The van der Waals surface area contributed by atoms with Crippen LogP contribution in [0.2, 0.25) is 0 Å². The Labute approximate surface area is 168 Å². The number of hydrogen-bond acceptors (Lipinski definition) is 5. The largest absolute Gasteiger partial charge is 0.388 e. The molecule has 0 bridgehead atoms. The quantitative estimate of drug-likeness (QED) is 0.674. The van der Waals surface area contributed by atoms with Crippen molar-refractivity contribution in [1.29, 1.82) is 0 Å². The van der Waals surface area contributed by atoms with Crippen molar-refractivity contribution in [2.75, 3.05) is 17.7 Å². The molecule has 0 aromatic heterocycles. The molecular weight excluding hydrogens is 375 g/mol. The normalized spacial score (nSPS) is 21.5. The molecule has 2 aromatic rings. The van der Waals surface area contributed by atoms with Gasteiger partial charge in [0.25, 0.3) is 5.91 Å². The fourth-order valence-electron chi connectivity index (χ4n) is 3.64. The van der Waals surface area contributed by atoms with Crippen LogP contribution < -0.4 is 16.0 Å². The Morgan fingerprint density at radius 1 is 1.28 bits per heavy atom. The number of piperidine rings is 1.